The lowest BCUT2D eigenvalue weighted by atomic mass is 10.0. The first kappa shape index (κ1) is 28.1. The molecule has 1 unspecified atom stereocenters. The Bertz CT molecular complexity index is 347. The molecule has 3 nitrogen and oxygen atoms in total. The van der Waals surface area contributed by atoms with Gasteiger partial charge in [0.15, 0.2) is 0 Å². The Morgan fingerprint density at radius 3 is 1.25 bits per heavy atom. The number of hydrogen-bond donors (Lipinski definition) is 1. The quantitative estimate of drug-likeness (QED) is 0.133. The summed E-state index contributed by atoms with van der Waals surface area (Å²) in [6.07, 6.45) is 25.9. The highest BCUT2D eigenvalue weighted by molar-refractivity contribution is 7.52. The highest BCUT2D eigenvalue weighted by atomic mass is 31.2. The van der Waals surface area contributed by atoms with Gasteiger partial charge in [0.25, 0.3) is 0 Å². The Morgan fingerprint density at radius 1 is 0.536 bits per heavy atom. The minimum Gasteiger partial charge on any atom is -0.324 e. The van der Waals surface area contributed by atoms with Crippen LogP contribution in [-0.4, -0.2) is 17.7 Å². The maximum atomic E-state index is 11.9. The van der Waals surface area contributed by atoms with E-state index in [1.165, 1.54) is 89.9 Å². The van der Waals surface area contributed by atoms with E-state index in [2.05, 4.69) is 13.8 Å². The first-order valence-corrected chi connectivity index (χ1v) is 14.3. The van der Waals surface area contributed by atoms with Crippen molar-refractivity contribution in [2.75, 3.05) is 12.8 Å². The molecule has 0 spiro atoms. The SMILES string of the molecule is CCCCCCCCCCCCCCCCCCOP(=O)(O)CCCCCC. The maximum absolute atomic E-state index is 11.9. The molecule has 0 bridgehead atoms. The van der Waals surface area contributed by atoms with Gasteiger partial charge in [0, 0.05) is 6.16 Å². The Kier molecular flexibility index (Phi) is 22.0. The molecule has 0 aromatic rings. The summed E-state index contributed by atoms with van der Waals surface area (Å²) in [6.45, 7) is 4.87. The van der Waals surface area contributed by atoms with Gasteiger partial charge < -0.3 is 9.42 Å². The molecule has 0 rings (SSSR count). The fraction of sp³-hybridized carbons (Fsp3) is 1.00. The minimum absolute atomic E-state index is 0.325. The molecule has 1 atom stereocenters. The summed E-state index contributed by atoms with van der Waals surface area (Å²) < 4.78 is 17.1. The fourth-order valence-electron chi connectivity index (χ4n) is 3.66. The Balaban J connectivity index is 3.20. The van der Waals surface area contributed by atoms with Crippen LogP contribution in [0.2, 0.25) is 0 Å². The highest BCUT2D eigenvalue weighted by Crippen LogP contribution is 2.43. The summed E-state index contributed by atoms with van der Waals surface area (Å²) in [5.74, 6) is 0. The van der Waals surface area contributed by atoms with Crippen molar-refractivity contribution in [3.8, 4) is 0 Å². The molecule has 0 aromatic heterocycles. The highest BCUT2D eigenvalue weighted by Gasteiger charge is 2.17. The molecule has 0 heterocycles. The van der Waals surface area contributed by atoms with Gasteiger partial charge in [-0.1, -0.05) is 129 Å². The standard InChI is InChI=1S/C24H51O3P/c1-3-5-7-9-10-11-12-13-14-15-16-17-18-19-20-21-23-27-28(25,26)24-22-8-6-4-2/h3-24H2,1-2H3,(H,25,26). The van der Waals surface area contributed by atoms with E-state index in [4.69, 9.17) is 4.52 Å². The van der Waals surface area contributed by atoms with E-state index < -0.39 is 7.60 Å². The molecular weight excluding hydrogens is 367 g/mol. The average molecular weight is 419 g/mol. The second-order valence-electron chi connectivity index (χ2n) is 8.56. The summed E-state index contributed by atoms with van der Waals surface area (Å²) in [6, 6.07) is 0. The second kappa shape index (κ2) is 21.8. The first-order chi connectivity index (χ1) is 13.6. The Morgan fingerprint density at radius 2 is 0.857 bits per heavy atom. The van der Waals surface area contributed by atoms with Crippen LogP contribution in [0.4, 0.5) is 0 Å². The maximum Gasteiger partial charge on any atom is 0.328 e. The van der Waals surface area contributed by atoms with E-state index in [1.807, 2.05) is 0 Å². The van der Waals surface area contributed by atoms with Crippen LogP contribution in [0, 0.1) is 0 Å². The topological polar surface area (TPSA) is 46.5 Å². The van der Waals surface area contributed by atoms with Gasteiger partial charge in [-0.15, -0.1) is 0 Å². The van der Waals surface area contributed by atoms with Gasteiger partial charge in [-0.2, -0.15) is 0 Å². The van der Waals surface area contributed by atoms with Crippen molar-refractivity contribution in [2.24, 2.45) is 0 Å². The normalized spacial score (nSPS) is 13.7. The lowest BCUT2D eigenvalue weighted by Crippen LogP contribution is -1.97. The van der Waals surface area contributed by atoms with Crippen molar-refractivity contribution in [3.05, 3.63) is 0 Å². The molecule has 0 amide bonds. The van der Waals surface area contributed by atoms with E-state index in [1.54, 1.807) is 0 Å². The molecule has 1 N–H and O–H groups in total. The van der Waals surface area contributed by atoms with Crippen molar-refractivity contribution < 1.29 is 14.0 Å². The lowest BCUT2D eigenvalue weighted by molar-refractivity contribution is 0.252. The van der Waals surface area contributed by atoms with E-state index in [-0.39, 0.29) is 0 Å². The Labute approximate surface area is 177 Å². The van der Waals surface area contributed by atoms with Gasteiger partial charge in [-0.3, -0.25) is 4.57 Å². The molecule has 0 saturated heterocycles. The number of rotatable bonds is 23. The van der Waals surface area contributed by atoms with E-state index in [0.717, 1.165) is 38.5 Å². The molecule has 170 valence electrons. The smallest absolute Gasteiger partial charge is 0.324 e. The minimum atomic E-state index is -3.32. The predicted octanol–water partition coefficient (Wildman–Crippen LogP) is 9.03. The first-order valence-electron chi connectivity index (χ1n) is 12.6. The van der Waals surface area contributed by atoms with Crippen molar-refractivity contribution in [3.63, 3.8) is 0 Å². The third kappa shape index (κ3) is 22.4. The Hall–Kier alpha value is 0.150. The van der Waals surface area contributed by atoms with Crippen molar-refractivity contribution in [1.29, 1.82) is 0 Å². The van der Waals surface area contributed by atoms with Crippen molar-refractivity contribution >= 4 is 7.60 Å². The second-order valence-corrected chi connectivity index (χ2v) is 10.5. The van der Waals surface area contributed by atoms with E-state index >= 15 is 0 Å². The molecule has 4 heteroatoms. The molecule has 0 radical (unpaired) electrons. The molecule has 0 aliphatic carbocycles. The van der Waals surface area contributed by atoms with Crippen LogP contribution in [-0.2, 0) is 9.09 Å². The predicted molar refractivity (Wildman–Crippen MR) is 124 cm³/mol. The molecular formula is C24H51O3P. The van der Waals surface area contributed by atoms with Crippen molar-refractivity contribution in [1.82, 2.24) is 0 Å². The zero-order valence-electron chi connectivity index (χ0n) is 19.3. The third-order valence-corrected chi connectivity index (χ3v) is 7.05. The van der Waals surface area contributed by atoms with Crippen molar-refractivity contribution in [2.45, 2.75) is 142 Å². The summed E-state index contributed by atoms with van der Waals surface area (Å²) in [5.41, 5.74) is 0. The fourth-order valence-corrected chi connectivity index (χ4v) is 4.83. The van der Waals surface area contributed by atoms with Gasteiger partial charge >= 0.3 is 7.60 Å². The van der Waals surface area contributed by atoms with Gasteiger partial charge in [0.05, 0.1) is 6.61 Å². The van der Waals surface area contributed by atoms with Crippen LogP contribution >= 0.6 is 7.60 Å². The summed E-state index contributed by atoms with van der Waals surface area (Å²) in [5, 5.41) is 0. The van der Waals surface area contributed by atoms with E-state index in [0.29, 0.717) is 12.8 Å². The van der Waals surface area contributed by atoms with Crippen LogP contribution in [0.3, 0.4) is 0 Å². The summed E-state index contributed by atoms with van der Waals surface area (Å²) in [4.78, 5) is 9.77. The van der Waals surface area contributed by atoms with Crippen LogP contribution < -0.4 is 0 Å². The lowest BCUT2D eigenvalue weighted by Gasteiger charge is -2.11. The molecule has 0 saturated carbocycles. The largest absolute Gasteiger partial charge is 0.328 e. The summed E-state index contributed by atoms with van der Waals surface area (Å²) in [7, 11) is -3.32. The summed E-state index contributed by atoms with van der Waals surface area (Å²) >= 11 is 0. The molecule has 0 aliphatic rings. The zero-order chi connectivity index (χ0) is 20.8. The number of unbranched alkanes of at least 4 members (excludes halogenated alkanes) is 18. The van der Waals surface area contributed by atoms with Crippen LogP contribution in [0.5, 0.6) is 0 Å². The average Bonchev–Trinajstić information content (AvgIpc) is 2.67. The van der Waals surface area contributed by atoms with E-state index in [9.17, 15) is 9.46 Å². The van der Waals surface area contributed by atoms with Gasteiger partial charge in [0.1, 0.15) is 0 Å². The van der Waals surface area contributed by atoms with Gasteiger partial charge in [-0.25, -0.2) is 0 Å². The molecule has 0 fully saturated rings. The van der Waals surface area contributed by atoms with Gasteiger partial charge in [-0.05, 0) is 12.8 Å². The monoisotopic (exact) mass is 418 g/mol. The molecule has 28 heavy (non-hydrogen) atoms. The molecule has 0 aliphatic heterocycles. The van der Waals surface area contributed by atoms with Crippen LogP contribution in [0.1, 0.15) is 142 Å². The van der Waals surface area contributed by atoms with Crippen LogP contribution in [0.25, 0.3) is 0 Å². The molecule has 0 aromatic carbocycles. The van der Waals surface area contributed by atoms with Gasteiger partial charge in [0.2, 0.25) is 0 Å². The zero-order valence-corrected chi connectivity index (χ0v) is 20.2. The number of hydrogen-bond acceptors (Lipinski definition) is 2. The van der Waals surface area contributed by atoms with Crippen LogP contribution in [0.15, 0.2) is 0 Å². The third-order valence-electron chi connectivity index (χ3n) is 5.59.